The Hall–Kier alpha value is -2.36. The van der Waals surface area contributed by atoms with Gasteiger partial charge in [-0.15, -0.1) is 0 Å². The maximum absolute atomic E-state index is 13.1. The number of urea groups is 1. The van der Waals surface area contributed by atoms with Crippen LogP contribution in [-0.2, 0) is 4.79 Å². The Morgan fingerprint density at radius 3 is 2.67 bits per heavy atom. The topological polar surface area (TPSA) is 55.9 Å². The van der Waals surface area contributed by atoms with Crippen molar-refractivity contribution in [3.05, 3.63) is 35.4 Å². The number of rotatable bonds is 2. The molecule has 2 saturated heterocycles. The number of aryl methyl sites for hydroxylation is 1. The van der Waals surface area contributed by atoms with Crippen LogP contribution in [0.3, 0.4) is 0 Å². The van der Waals surface area contributed by atoms with Gasteiger partial charge < -0.3 is 4.90 Å². The Balaban J connectivity index is 1.54. The van der Waals surface area contributed by atoms with Gasteiger partial charge in [-0.05, 0) is 50.4 Å². The molecule has 0 radical (unpaired) electrons. The van der Waals surface area contributed by atoms with E-state index in [-0.39, 0.29) is 24.3 Å². The van der Waals surface area contributed by atoms with Gasteiger partial charge in [-0.2, -0.15) is 0 Å². The molecule has 3 aliphatic rings. The summed E-state index contributed by atoms with van der Waals surface area (Å²) in [6.45, 7) is 2.58. The minimum Gasteiger partial charge on any atom is -0.310 e. The van der Waals surface area contributed by atoms with E-state index in [4.69, 9.17) is 0 Å². The maximum Gasteiger partial charge on any atom is 0.327 e. The van der Waals surface area contributed by atoms with E-state index in [0.29, 0.717) is 12.5 Å². The highest BCUT2D eigenvalue weighted by atomic mass is 16.2. The third-order valence-electron chi connectivity index (χ3n) is 5.98. The summed E-state index contributed by atoms with van der Waals surface area (Å²) in [6, 6.07) is 7.43. The van der Waals surface area contributed by atoms with Crippen molar-refractivity contribution in [3.63, 3.8) is 0 Å². The number of nitrogens with one attached hydrogen (secondary N) is 1. The fourth-order valence-corrected chi connectivity index (χ4v) is 4.07. The van der Waals surface area contributed by atoms with E-state index in [1.165, 1.54) is 11.3 Å². The van der Waals surface area contributed by atoms with Crippen molar-refractivity contribution in [2.75, 3.05) is 20.6 Å². The van der Waals surface area contributed by atoms with Gasteiger partial charge in [0.15, 0.2) is 0 Å². The molecule has 3 fully saturated rings. The lowest BCUT2D eigenvalue weighted by molar-refractivity contribution is -0.138. The lowest BCUT2D eigenvalue weighted by Gasteiger charge is -2.42. The lowest BCUT2D eigenvalue weighted by atomic mass is 9.85. The number of nitrogens with zero attached hydrogens (tertiary/aromatic N) is 3. The van der Waals surface area contributed by atoms with E-state index in [1.807, 2.05) is 43.1 Å². The van der Waals surface area contributed by atoms with Crippen molar-refractivity contribution >= 4 is 11.9 Å². The van der Waals surface area contributed by atoms with E-state index in [1.54, 1.807) is 11.9 Å². The number of fused-ring (bicyclic) bond motifs is 1. The highest BCUT2D eigenvalue weighted by Gasteiger charge is 2.52. The van der Waals surface area contributed by atoms with Crippen LogP contribution in [0.5, 0.6) is 0 Å². The molecule has 0 bridgehead atoms. The van der Waals surface area contributed by atoms with Gasteiger partial charge in [-0.3, -0.25) is 19.9 Å². The second kappa shape index (κ2) is 6.99. The van der Waals surface area contributed by atoms with Crippen LogP contribution >= 0.6 is 0 Å². The molecule has 1 aromatic rings. The fourth-order valence-electron chi connectivity index (χ4n) is 4.07. The van der Waals surface area contributed by atoms with E-state index in [0.717, 1.165) is 24.0 Å². The van der Waals surface area contributed by atoms with Crippen LogP contribution in [0, 0.1) is 24.7 Å². The second-order valence-electron chi connectivity index (χ2n) is 7.90. The zero-order valence-electron chi connectivity index (χ0n) is 16.1. The predicted octanol–water partition coefficient (Wildman–Crippen LogP) is 1.60. The van der Waals surface area contributed by atoms with Crippen molar-refractivity contribution in [1.82, 2.24) is 20.0 Å². The Kier molecular flexibility index (Phi) is 4.67. The third kappa shape index (κ3) is 3.22. The molecule has 0 aromatic heterocycles. The SMILES string of the molecule is Cc1cccc(C#CC2NC3C(C(=O)N(CC4CCC4)C(=O)N3C)N2C)c1. The minimum absolute atomic E-state index is 0.107. The lowest BCUT2D eigenvalue weighted by Crippen LogP contribution is -2.66. The van der Waals surface area contributed by atoms with Gasteiger partial charge in [0.1, 0.15) is 18.4 Å². The number of amides is 3. The average Bonchev–Trinajstić information content (AvgIpc) is 2.93. The summed E-state index contributed by atoms with van der Waals surface area (Å²) in [5, 5.41) is 3.35. The summed E-state index contributed by atoms with van der Waals surface area (Å²) < 4.78 is 0. The molecule has 0 spiro atoms. The van der Waals surface area contributed by atoms with Gasteiger partial charge >= 0.3 is 6.03 Å². The number of hydrogen-bond donors (Lipinski definition) is 1. The first-order valence-electron chi connectivity index (χ1n) is 9.60. The summed E-state index contributed by atoms with van der Waals surface area (Å²) in [7, 11) is 3.66. The number of carbonyl (C=O) groups is 2. The van der Waals surface area contributed by atoms with Gasteiger partial charge in [0.25, 0.3) is 5.91 Å². The molecule has 1 aromatic carbocycles. The smallest absolute Gasteiger partial charge is 0.310 e. The van der Waals surface area contributed by atoms with Gasteiger partial charge in [0, 0.05) is 19.2 Å². The van der Waals surface area contributed by atoms with Crippen LogP contribution in [0.25, 0.3) is 0 Å². The quantitative estimate of drug-likeness (QED) is 0.808. The van der Waals surface area contributed by atoms with Crippen LogP contribution < -0.4 is 5.32 Å². The molecule has 1 aliphatic carbocycles. The zero-order chi connectivity index (χ0) is 19.1. The molecule has 4 rings (SSSR count). The summed E-state index contributed by atoms with van der Waals surface area (Å²) in [6.07, 6.45) is 2.79. The van der Waals surface area contributed by atoms with E-state index in [2.05, 4.69) is 17.2 Å². The van der Waals surface area contributed by atoms with Crippen LogP contribution in [0.15, 0.2) is 24.3 Å². The largest absolute Gasteiger partial charge is 0.327 e. The zero-order valence-corrected chi connectivity index (χ0v) is 16.1. The second-order valence-corrected chi connectivity index (χ2v) is 7.90. The summed E-state index contributed by atoms with van der Waals surface area (Å²) in [4.78, 5) is 30.8. The van der Waals surface area contributed by atoms with Gasteiger partial charge in [0.2, 0.25) is 0 Å². The first kappa shape index (κ1) is 18.0. The molecular formula is C21H26N4O2. The molecule has 3 unspecified atom stereocenters. The molecule has 142 valence electrons. The van der Waals surface area contributed by atoms with Crippen molar-refractivity contribution in [3.8, 4) is 11.8 Å². The standard InChI is InChI=1S/C21H26N4O2/c1-14-6-4-7-15(12-14)10-11-17-22-19-18(23(17)2)20(26)25(21(27)24(19)3)13-16-8-5-9-16/h4,6-7,12,16-19,22H,5,8-9,13H2,1-3H3. The predicted molar refractivity (Wildman–Crippen MR) is 103 cm³/mol. The van der Waals surface area contributed by atoms with Crippen LogP contribution in [-0.4, -0.2) is 65.7 Å². The molecule has 6 heteroatoms. The number of likely N-dealkylation sites (N-methyl/N-ethyl adjacent to an activating group) is 2. The normalized spacial score (nSPS) is 28.6. The Bertz CT molecular complexity index is 823. The molecule has 27 heavy (non-hydrogen) atoms. The molecule has 3 atom stereocenters. The van der Waals surface area contributed by atoms with E-state index in [9.17, 15) is 9.59 Å². The first-order chi connectivity index (χ1) is 13.0. The number of imide groups is 1. The molecule has 2 aliphatic heterocycles. The summed E-state index contributed by atoms with van der Waals surface area (Å²) in [5.41, 5.74) is 2.11. The maximum atomic E-state index is 13.1. The summed E-state index contributed by atoms with van der Waals surface area (Å²) in [5.74, 6) is 6.76. The number of hydrogen-bond acceptors (Lipinski definition) is 4. The molecule has 2 heterocycles. The minimum atomic E-state index is -0.399. The number of carbonyl (C=O) groups excluding carboxylic acids is 2. The monoisotopic (exact) mass is 366 g/mol. The van der Waals surface area contributed by atoms with Crippen LogP contribution in [0.4, 0.5) is 4.79 Å². The number of benzene rings is 1. The highest BCUT2D eigenvalue weighted by Crippen LogP contribution is 2.31. The van der Waals surface area contributed by atoms with Crippen molar-refractivity contribution < 1.29 is 9.59 Å². The van der Waals surface area contributed by atoms with E-state index >= 15 is 0 Å². The molecule has 1 N–H and O–H groups in total. The van der Waals surface area contributed by atoms with Crippen LogP contribution in [0.2, 0.25) is 0 Å². The van der Waals surface area contributed by atoms with Crippen LogP contribution in [0.1, 0.15) is 30.4 Å². The van der Waals surface area contributed by atoms with Crippen molar-refractivity contribution in [2.24, 2.45) is 5.92 Å². The van der Waals surface area contributed by atoms with Gasteiger partial charge in [-0.1, -0.05) is 30.4 Å². The van der Waals surface area contributed by atoms with E-state index < -0.39 is 6.04 Å². The Morgan fingerprint density at radius 2 is 2.00 bits per heavy atom. The van der Waals surface area contributed by atoms with Gasteiger partial charge in [0.05, 0.1) is 0 Å². The summed E-state index contributed by atoms with van der Waals surface area (Å²) >= 11 is 0. The molecular weight excluding hydrogens is 340 g/mol. The molecule has 3 amide bonds. The van der Waals surface area contributed by atoms with Crippen molar-refractivity contribution in [1.29, 1.82) is 0 Å². The fraction of sp³-hybridized carbons (Fsp3) is 0.524. The molecule has 6 nitrogen and oxygen atoms in total. The third-order valence-corrected chi connectivity index (χ3v) is 5.98. The van der Waals surface area contributed by atoms with Gasteiger partial charge in [-0.25, -0.2) is 4.79 Å². The Morgan fingerprint density at radius 1 is 1.22 bits per heavy atom. The Labute approximate surface area is 160 Å². The highest BCUT2D eigenvalue weighted by molar-refractivity contribution is 6.00. The average molecular weight is 366 g/mol. The van der Waals surface area contributed by atoms with Crippen molar-refractivity contribution in [2.45, 2.75) is 44.6 Å². The molecule has 1 saturated carbocycles. The first-order valence-corrected chi connectivity index (χ1v) is 9.60.